The summed E-state index contributed by atoms with van der Waals surface area (Å²) < 4.78 is 5.48. The van der Waals surface area contributed by atoms with Gasteiger partial charge in [0.25, 0.3) is 0 Å². The molecule has 0 saturated heterocycles. The molecule has 5 nitrogen and oxygen atoms in total. The van der Waals surface area contributed by atoms with Gasteiger partial charge in [0.15, 0.2) is 0 Å². The van der Waals surface area contributed by atoms with E-state index in [0.29, 0.717) is 12.0 Å². The van der Waals surface area contributed by atoms with Crippen molar-refractivity contribution in [1.82, 2.24) is 15.0 Å². The van der Waals surface area contributed by atoms with Crippen molar-refractivity contribution in [1.29, 1.82) is 0 Å². The molecular formula is C14H23ClN4O. The van der Waals surface area contributed by atoms with E-state index in [0.717, 1.165) is 12.3 Å². The van der Waals surface area contributed by atoms with Crippen LogP contribution in [-0.4, -0.2) is 27.1 Å². The van der Waals surface area contributed by atoms with Crippen LogP contribution in [0.4, 0.5) is 5.95 Å². The van der Waals surface area contributed by atoms with Crippen LogP contribution in [0.25, 0.3) is 0 Å². The third-order valence-corrected chi connectivity index (χ3v) is 3.79. The van der Waals surface area contributed by atoms with Crippen LogP contribution in [0.3, 0.4) is 0 Å². The van der Waals surface area contributed by atoms with Gasteiger partial charge in [-0.15, -0.1) is 0 Å². The molecule has 1 fully saturated rings. The topological polar surface area (TPSA) is 59.9 Å². The van der Waals surface area contributed by atoms with E-state index >= 15 is 0 Å². The molecule has 112 valence electrons. The normalized spacial score (nSPS) is 22.9. The van der Waals surface area contributed by atoms with E-state index in [-0.39, 0.29) is 17.4 Å². The smallest absolute Gasteiger partial charge is 0.322 e. The molecule has 1 aromatic heterocycles. The molecular weight excluding hydrogens is 276 g/mol. The van der Waals surface area contributed by atoms with Gasteiger partial charge in [-0.05, 0) is 44.2 Å². The molecule has 2 rings (SSSR count). The largest absolute Gasteiger partial charge is 0.461 e. The van der Waals surface area contributed by atoms with Crippen LogP contribution in [-0.2, 0) is 0 Å². The number of anilines is 1. The molecule has 0 aliphatic heterocycles. The minimum absolute atomic E-state index is 0.0143. The fourth-order valence-electron chi connectivity index (χ4n) is 2.64. The average Bonchev–Trinajstić information content (AvgIpc) is 2.37. The Morgan fingerprint density at radius 2 is 2.10 bits per heavy atom. The minimum atomic E-state index is 0.0143. The van der Waals surface area contributed by atoms with Gasteiger partial charge >= 0.3 is 6.01 Å². The number of hydrogen-bond donors (Lipinski definition) is 1. The van der Waals surface area contributed by atoms with Crippen molar-refractivity contribution in [3.63, 3.8) is 0 Å². The number of rotatable bonds is 5. The third kappa shape index (κ3) is 4.47. The lowest BCUT2D eigenvalue weighted by molar-refractivity contribution is 0.221. The van der Waals surface area contributed by atoms with Gasteiger partial charge in [-0.2, -0.15) is 15.0 Å². The summed E-state index contributed by atoms with van der Waals surface area (Å²) in [5, 5.41) is 3.54. The van der Waals surface area contributed by atoms with E-state index in [1.807, 2.05) is 13.8 Å². The molecule has 1 N–H and O–H groups in total. The van der Waals surface area contributed by atoms with E-state index in [1.54, 1.807) is 0 Å². The number of ether oxygens (including phenoxy) is 1. The standard InChI is InChI=1S/C14H23ClN4O/c1-4-10-6-5-7-11(8-10)16-13-17-12(15)18-14(19-13)20-9(2)3/h9-11H,4-8H2,1-3H3,(H,16,17,18,19). The molecule has 0 radical (unpaired) electrons. The van der Waals surface area contributed by atoms with Gasteiger partial charge in [0.05, 0.1) is 6.10 Å². The van der Waals surface area contributed by atoms with Gasteiger partial charge in [-0.3, -0.25) is 0 Å². The number of aromatic nitrogens is 3. The summed E-state index contributed by atoms with van der Waals surface area (Å²) in [7, 11) is 0. The Bertz CT molecular complexity index is 441. The van der Waals surface area contributed by atoms with Gasteiger partial charge in [-0.25, -0.2) is 0 Å². The van der Waals surface area contributed by atoms with Crippen LogP contribution in [0.1, 0.15) is 52.9 Å². The molecule has 0 bridgehead atoms. The maximum atomic E-state index is 5.92. The lowest BCUT2D eigenvalue weighted by Gasteiger charge is -2.29. The van der Waals surface area contributed by atoms with Crippen LogP contribution in [0.5, 0.6) is 6.01 Å². The quantitative estimate of drug-likeness (QED) is 0.898. The fraction of sp³-hybridized carbons (Fsp3) is 0.786. The molecule has 1 aliphatic carbocycles. The van der Waals surface area contributed by atoms with Crippen molar-refractivity contribution in [3.05, 3.63) is 5.28 Å². The second-order valence-corrected chi connectivity index (χ2v) is 6.00. The van der Waals surface area contributed by atoms with Crippen LogP contribution in [0, 0.1) is 5.92 Å². The second kappa shape index (κ2) is 7.07. The highest BCUT2D eigenvalue weighted by molar-refractivity contribution is 6.28. The highest BCUT2D eigenvalue weighted by Crippen LogP contribution is 2.28. The van der Waals surface area contributed by atoms with Crippen LogP contribution >= 0.6 is 11.6 Å². The number of hydrogen-bond acceptors (Lipinski definition) is 5. The molecule has 0 amide bonds. The summed E-state index contributed by atoms with van der Waals surface area (Å²) in [4.78, 5) is 12.4. The van der Waals surface area contributed by atoms with Gasteiger partial charge < -0.3 is 10.1 Å². The van der Waals surface area contributed by atoms with E-state index in [2.05, 4.69) is 27.2 Å². The molecule has 2 unspecified atom stereocenters. The molecule has 6 heteroatoms. The lowest BCUT2D eigenvalue weighted by atomic mass is 9.84. The highest BCUT2D eigenvalue weighted by Gasteiger charge is 2.21. The zero-order valence-corrected chi connectivity index (χ0v) is 13.2. The third-order valence-electron chi connectivity index (χ3n) is 3.62. The number of nitrogens with one attached hydrogen (secondary N) is 1. The predicted molar refractivity (Wildman–Crippen MR) is 80.3 cm³/mol. The molecule has 0 spiro atoms. The average molecular weight is 299 g/mol. The van der Waals surface area contributed by atoms with E-state index in [9.17, 15) is 0 Å². The van der Waals surface area contributed by atoms with Crippen molar-refractivity contribution in [2.24, 2.45) is 5.92 Å². The monoisotopic (exact) mass is 298 g/mol. The first-order valence-corrected chi connectivity index (χ1v) is 7.79. The first-order chi connectivity index (χ1) is 9.56. The van der Waals surface area contributed by atoms with E-state index < -0.39 is 0 Å². The summed E-state index contributed by atoms with van der Waals surface area (Å²) in [6, 6.07) is 0.699. The Morgan fingerprint density at radius 1 is 1.30 bits per heavy atom. The molecule has 1 saturated carbocycles. The Hall–Kier alpha value is -1.10. The molecule has 0 aromatic carbocycles. The van der Waals surface area contributed by atoms with Crippen molar-refractivity contribution >= 4 is 17.5 Å². The Balaban J connectivity index is 2.02. The maximum Gasteiger partial charge on any atom is 0.322 e. The maximum absolute atomic E-state index is 5.92. The Kier molecular flexibility index (Phi) is 5.40. The SMILES string of the molecule is CCC1CCCC(Nc2nc(Cl)nc(OC(C)C)n2)C1. The van der Waals surface area contributed by atoms with Crippen molar-refractivity contribution in [2.75, 3.05) is 5.32 Å². The number of halogens is 1. The van der Waals surface area contributed by atoms with Crippen LogP contribution in [0.2, 0.25) is 5.28 Å². The van der Waals surface area contributed by atoms with Crippen molar-refractivity contribution < 1.29 is 4.74 Å². The Morgan fingerprint density at radius 3 is 2.80 bits per heavy atom. The van der Waals surface area contributed by atoms with Crippen molar-refractivity contribution in [2.45, 2.75) is 65.0 Å². The highest BCUT2D eigenvalue weighted by atomic mass is 35.5. The van der Waals surface area contributed by atoms with Gasteiger partial charge in [-0.1, -0.05) is 26.2 Å². The first-order valence-electron chi connectivity index (χ1n) is 7.41. The summed E-state index contributed by atoms with van der Waals surface area (Å²) in [6.07, 6.45) is 6.15. The number of nitrogens with zero attached hydrogens (tertiary/aromatic N) is 3. The van der Waals surface area contributed by atoms with Gasteiger partial charge in [0.1, 0.15) is 0 Å². The van der Waals surface area contributed by atoms with E-state index in [1.165, 1.54) is 25.7 Å². The van der Waals surface area contributed by atoms with Crippen LogP contribution < -0.4 is 10.1 Å². The molecule has 20 heavy (non-hydrogen) atoms. The summed E-state index contributed by atoms with van der Waals surface area (Å²) in [6.45, 7) is 6.11. The van der Waals surface area contributed by atoms with Crippen molar-refractivity contribution in [3.8, 4) is 6.01 Å². The molecule has 1 heterocycles. The molecule has 1 aromatic rings. The fourth-order valence-corrected chi connectivity index (χ4v) is 2.79. The Labute approximate surface area is 125 Å². The van der Waals surface area contributed by atoms with Crippen LogP contribution in [0.15, 0.2) is 0 Å². The summed E-state index contributed by atoms with van der Waals surface area (Å²) >= 11 is 5.92. The van der Waals surface area contributed by atoms with E-state index in [4.69, 9.17) is 16.3 Å². The molecule has 2 atom stereocenters. The molecule has 1 aliphatic rings. The lowest BCUT2D eigenvalue weighted by Crippen LogP contribution is -2.28. The minimum Gasteiger partial charge on any atom is -0.461 e. The predicted octanol–water partition coefficient (Wildman–Crippen LogP) is 3.69. The second-order valence-electron chi connectivity index (χ2n) is 5.66. The van der Waals surface area contributed by atoms with Gasteiger partial charge in [0, 0.05) is 6.04 Å². The summed E-state index contributed by atoms with van der Waals surface area (Å²) in [5.74, 6) is 1.31. The summed E-state index contributed by atoms with van der Waals surface area (Å²) in [5.41, 5.74) is 0. The first kappa shape index (κ1) is 15.3. The zero-order valence-electron chi connectivity index (χ0n) is 12.4. The zero-order chi connectivity index (χ0) is 14.5. The van der Waals surface area contributed by atoms with Gasteiger partial charge in [0.2, 0.25) is 11.2 Å².